The van der Waals surface area contributed by atoms with E-state index in [1.807, 2.05) is 11.3 Å². The van der Waals surface area contributed by atoms with Gasteiger partial charge in [-0.15, -0.1) is 11.3 Å². The number of thiophene rings is 1. The molecule has 0 nitrogen and oxygen atoms in total. The fourth-order valence-electron chi connectivity index (χ4n) is 9.26. The van der Waals surface area contributed by atoms with Crippen molar-refractivity contribution in [1.29, 1.82) is 0 Å². The van der Waals surface area contributed by atoms with E-state index in [2.05, 4.69) is 184 Å². The summed E-state index contributed by atoms with van der Waals surface area (Å²) in [5, 5.41) is 10.4. The van der Waals surface area contributed by atoms with E-state index >= 15 is 0 Å². The molecule has 1 aliphatic rings. The highest BCUT2D eigenvalue weighted by Crippen LogP contribution is 2.55. The average molecular weight is 679 g/mol. The molecule has 0 aliphatic heterocycles. The molecule has 0 N–H and O–H groups in total. The van der Waals surface area contributed by atoms with Gasteiger partial charge < -0.3 is 0 Å². The first-order valence-electron chi connectivity index (χ1n) is 18.2. The lowest BCUT2D eigenvalue weighted by Gasteiger charge is -2.23. The van der Waals surface area contributed by atoms with Gasteiger partial charge in [-0.1, -0.05) is 172 Å². The van der Waals surface area contributed by atoms with Crippen LogP contribution in [-0.2, 0) is 5.41 Å². The summed E-state index contributed by atoms with van der Waals surface area (Å²) in [6.45, 7) is 4.85. The molecule has 52 heavy (non-hydrogen) atoms. The van der Waals surface area contributed by atoms with Gasteiger partial charge in [0.05, 0.1) is 0 Å². The van der Waals surface area contributed by atoms with Crippen molar-refractivity contribution >= 4 is 63.8 Å². The molecule has 1 heteroatoms. The molecular weight excluding hydrogens is 645 g/mol. The molecule has 0 saturated heterocycles. The van der Waals surface area contributed by atoms with E-state index < -0.39 is 0 Å². The van der Waals surface area contributed by atoms with Crippen molar-refractivity contribution in [3.05, 3.63) is 181 Å². The topological polar surface area (TPSA) is 0 Å². The predicted octanol–water partition coefficient (Wildman–Crippen LogP) is 14.8. The Morgan fingerprint density at radius 2 is 0.923 bits per heavy atom. The van der Waals surface area contributed by atoms with Crippen molar-refractivity contribution in [2.45, 2.75) is 19.3 Å². The number of benzene rings is 9. The molecule has 1 aromatic heterocycles. The zero-order chi connectivity index (χ0) is 34.6. The maximum absolute atomic E-state index is 2.50. The Balaban J connectivity index is 1.09. The SMILES string of the molecule is CC1(C)c2cc(-c3c4ccccc4c(-c4ccc(-c5cccc6ccccc56)cc4)c4ccccc34)ccc2-c2ccc3c(sc4ccccc43)c21. The zero-order valence-electron chi connectivity index (χ0n) is 29.1. The normalized spacial score (nSPS) is 13.3. The first-order valence-corrected chi connectivity index (χ1v) is 19.0. The van der Waals surface area contributed by atoms with E-state index in [1.54, 1.807) is 0 Å². The average Bonchev–Trinajstić information content (AvgIpc) is 3.68. The van der Waals surface area contributed by atoms with Crippen molar-refractivity contribution in [1.82, 2.24) is 0 Å². The second kappa shape index (κ2) is 11.0. The van der Waals surface area contributed by atoms with Crippen LogP contribution in [0.15, 0.2) is 170 Å². The molecule has 11 rings (SSSR count). The molecule has 1 aliphatic carbocycles. The van der Waals surface area contributed by atoms with Crippen LogP contribution in [-0.4, -0.2) is 0 Å². The second-order valence-corrected chi connectivity index (χ2v) is 15.8. The van der Waals surface area contributed by atoms with E-state index in [1.165, 1.54) is 108 Å². The Morgan fingerprint density at radius 3 is 1.63 bits per heavy atom. The molecule has 0 saturated carbocycles. The predicted molar refractivity (Wildman–Crippen MR) is 226 cm³/mol. The zero-order valence-corrected chi connectivity index (χ0v) is 29.9. The van der Waals surface area contributed by atoms with E-state index in [0.717, 1.165) is 0 Å². The Labute approximate surface area is 307 Å². The first-order chi connectivity index (χ1) is 25.6. The Kier molecular flexibility index (Phi) is 6.27. The minimum atomic E-state index is -0.127. The van der Waals surface area contributed by atoms with Gasteiger partial charge in [0.25, 0.3) is 0 Å². The molecule has 0 atom stereocenters. The molecule has 0 radical (unpaired) electrons. The van der Waals surface area contributed by atoms with Crippen LogP contribution < -0.4 is 0 Å². The maximum Gasteiger partial charge on any atom is 0.0402 e. The van der Waals surface area contributed by atoms with E-state index in [4.69, 9.17) is 0 Å². The number of rotatable bonds is 3. The maximum atomic E-state index is 2.50. The fourth-order valence-corrected chi connectivity index (χ4v) is 10.7. The third kappa shape index (κ3) is 4.15. The second-order valence-electron chi connectivity index (χ2n) is 14.8. The van der Waals surface area contributed by atoms with Crippen LogP contribution in [0, 0.1) is 0 Å². The van der Waals surface area contributed by atoms with Crippen molar-refractivity contribution in [2.24, 2.45) is 0 Å². The highest BCUT2D eigenvalue weighted by Gasteiger charge is 2.38. The minimum absolute atomic E-state index is 0.127. The van der Waals surface area contributed by atoms with Crippen molar-refractivity contribution in [2.75, 3.05) is 0 Å². The van der Waals surface area contributed by atoms with Gasteiger partial charge in [0, 0.05) is 25.6 Å². The van der Waals surface area contributed by atoms with Gasteiger partial charge in [-0.3, -0.25) is 0 Å². The molecule has 1 heterocycles. The summed E-state index contributed by atoms with van der Waals surface area (Å²) in [5.41, 5.74) is 13.1. The number of hydrogen-bond acceptors (Lipinski definition) is 1. The largest absolute Gasteiger partial charge is 0.135 e. The van der Waals surface area contributed by atoms with E-state index in [9.17, 15) is 0 Å². The van der Waals surface area contributed by atoms with Crippen LogP contribution in [0.2, 0.25) is 0 Å². The van der Waals surface area contributed by atoms with Gasteiger partial charge in [-0.2, -0.15) is 0 Å². The lowest BCUT2D eigenvalue weighted by Crippen LogP contribution is -2.15. The molecule has 0 unspecified atom stereocenters. The molecule has 9 aromatic carbocycles. The molecule has 0 bridgehead atoms. The van der Waals surface area contributed by atoms with Gasteiger partial charge in [-0.05, 0) is 100 Å². The third-order valence-electron chi connectivity index (χ3n) is 11.6. The molecule has 10 aromatic rings. The van der Waals surface area contributed by atoms with Gasteiger partial charge in [0.15, 0.2) is 0 Å². The summed E-state index contributed by atoms with van der Waals surface area (Å²) in [6.07, 6.45) is 0. The highest BCUT2D eigenvalue weighted by molar-refractivity contribution is 7.26. The minimum Gasteiger partial charge on any atom is -0.135 e. The summed E-state index contributed by atoms with van der Waals surface area (Å²) in [5.74, 6) is 0. The van der Waals surface area contributed by atoms with Crippen molar-refractivity contribution in [3.8, 4) is 44.5 Å². The summed E-state index contributed by atoms with van der Waals surface area (Å²) >= 11 is 1.94. The van der Waals surface area contributed by atoms with Crippen LogP contribution in [0.1, 0.15) is 25.0 Å². The number of hydrogen-bond donors (Lipinski definition) is 0. The fraction of sp³-hybridized carbons (Fsp3) is 0.0588. The first kappa shape index (κ1) is 29.7. The number of fused-ring (bicyclic) bond motifs is 10. The van der Waals surface area contributed by atoms with Crippen LogP contribution >= 0.6 is 11.3 Å². The molecule has 0 amide bonds. The lowest BCUT2D eigenvalue weighted by molar-refractivity contribution is 0.667. The van der Waals surface area contributed by atoms with Crippen LogP contribution in [0.3, 0.4) is 0 Å². The van der Waals surface area contributed by atoms with Crippen molar-refractivity contribution in [3.63, 3.8) is 0 Å². The quantitative estimate of drug-likeness (QED) is 0.163. The molecule has 0 spiro atoms. The summed E-state index contributed by atoms with van der Waals surface area (Å²) < 4.78 is 2.78. The van der Waals surface area contributed by atoms with Crippen molar-refractivity contribution < 1.29 is 0 Å². The van der Waals surface area contributed by atoms with Gasteiger partial charge in [-0.25, -0.2) is 0 Å². The molecular formula is C51H34S. The third-order valence-corrected chi connectivity index (χ3v) is 12.9. The Morgan fingerprint density at radius 1 is 0.385 bits per heavy atom. The monoisotopic (exact) mass is 678 g/mol. The van der Waals surface area contributed by atoms with Crippen LogP contribution in [0.5, 0.6) is 0 Å². The standard InChI is InChI=1S/C51H34S/c1-51(2)45-30-34(26-27-37(45)43-28-29-44-38-15-9-10-21-46(38)52-50(44)49(43)51)48-41-18-7-5-16-39(41)47(40-17-6-8-19-42(40)48)33-24-22-32(23-25-33)36-20-11-13-31-12-3-4-14-35(31)36/h3-30H,1-2H3. The summed E-state index contributed by atoms with van der Waals surface area (Å²) in [6, 6.07) is 63.3. The van der Waals surface area contributed by atoms with Gasteiger partial charge in [0.2, 0.25) is 0 Å². The van der Waals surface area contributed by atoms with Gasteiger partial charge in [0.1, 0.15) is 0 Å². The van der Waals surface area contributed by atoms with Crippen LogP contribution in [0.4, 0.5) is 0 Å². The van der Waals surface area contributed by atoms with E-state index in [-0.39, 0.29) is 5.41 Å². The molecule has 244 valence electrons. The summed E-state index contributed by atoms with van der Waals surface area (Å²) in [7, 11) is 0. The Bertz CT molecular complexity index is 3020. The lowest BCUT2D eigenvalue weighted by atomic mass is 9.80. The highest BCUT2D eigenvalue weighted by atomic mass is 32.1. The van der Waals surface area contributed by atoms with Gasteiger partial charge >= 0.3 is 0 Å². The smallest absolute Gasteiger partial charge is 0.0402 e. The molecule has 0 fully saturated rings. The van der Waals surface area contributed by atoms with E-state index in [0.29, 0.717) is 0 Å². The van der Waals surface area contributed by atoms with Crippen LogP contribution in [0.25, 0.3) is 97.0 Å². The summed E-state index contributed by atoms with van der Waals surface area (Å²) in [4.78, 5) is 0. The Hall–Kier alpha value is -6.02.